The molecule has 1 fully saturated rings. The number of nitrogens with zero attached hydrogens (tertiary/aromatic N) is 3. The number of methoxy groups -OCH3 is 1. The normalized spacial score (nSPS) is 14.5. The summed E-state index contributed by atoms with van der Waals surface area (Å²) in [6.45, 7) is 0.717. The van der Waals surface area contributed by atoms with E-state index in [1.54, 1.807) is 18.2 Å². The smallest absolute Gasteiger partial charge is 0.417 e. The first-order valence-corrected chi connectivity index (χ1v) is 9.75. The highest BCUT2D eigenvalue weighted by atomic mass is 19.4. The summed E-state index contributed by atoms with van der Waals surface area (Å²) in [5.74, 6) is -1.32. The topological polar surface area (TPSA) is 91.8 Å². The maximum atomic E-state index is 13.2. The number of alkyl halides is 3. The third-order valence-corrected chi connectivity index (χ3v) is 4.96. The zero-order valence-corrected chi connectivity index (χ0v) is 17.2. The third kappa shape index (κ3) is 5.34. The Morgan fingerprint density at radius 3 is 2.50 bits per heavy atom. The van der Waals surface area contributed by atoms with Crippen molar-refractivity contribution in [3.8, 4) is 0 Å². The molecule has 1 aromatic heterocycles. The van der Waals surface area contributed by atoms with E-state index in [1.807, 2.05) is 0 Å². The molecule has 170 valence electrons. The Kier molecular flexibility index (Phi) is 6.96. The Bertz CT molecular complexity index is 1010. The number of carbonyl (C=O) groups is 3. The van der Waals surface area contributed by atoms with Crippen molar-refractivity contribution in [1.82, 2.24) is 14.8 Å². The summed E-state index contributed by atoms with van der Waals surface area (Å²) in [5, 5.41) is 2.68. The SMILES string of the molecule is COC(=O)c1cccc(NC(=O)N2CCCN(C(=O)c3cnccc3C(F)(F)F)CC2)c1. The fourth-order valence-corrected chi connectivity index (χ4v) is 3.35. The standard InChI is InChI=1S/C21H21F3N4O4/c1-32-19(30)14-4-2-5-15(12-14)26-20(31)28-9-3-8-27(10-11-28)18(29)16-13-25-7-6-17(16)21(22,23)24/h2,4-7,12-13H,3,8-11H2,1H3,(H,26,31). The lowest BCUT2D eigenvalue weighted by Gasteiger charge is -2.23. The van der Waals surface area contributed by atoms with E-state index in [0.717, 1.165) is 18.5 Å². The van der Waals surface area contributed by atoms with Crippen LogP contribution in [0, 0.1) is 0 Å². The average Bonchev–Trinajstić information content (AvgIpc) is 3.04. The third-order valence-electron chi connectivity index (χ3n) is 4.96. The number of ether oxygens (including phenoxy) is 1. The summed E-state index contributed by atoms with van der Waals surface area (Å²) in [5.41, 5.74) is -0.894. The first-order chi connectivity index (χ1) is 15.2. The van der Waals surface area contributed by atoms with E-state index in [9.17, 15) is 27.6 Å². The van der Waals surface area contributed by atoms with E-state index in [4.69, 9.17) is 0 Å². The van der Waals surface area contributed by atoms with Crippen LogP contribution in [0.1, 0.15) is 32.7 Å². The van der Waals surface area contributed by atoms with Crippen molar-refractivity contribution in [2.45, 2.75) is 12.6 Å². The van der Waals surface area contributed by atoms with Crippen LogP contribution in [0.15, 0.2) is 42.7 Å². The van der Waals surface area contributed by atoms with Gasteiger partial charge in [-0.2, -0.15) is 13.2 Å². The summed E-state index contributed by atoms with van der Waals surface area (Å²) >= 11 is 0. The Morgan fingerprint density at radius 1 is 1.06 bits per heavy atom. The Labute approximate surface area is 182 Å². The maximum Gasteiger partial charge on any atom is 0.417 e. The number of hydrogen-bond donors (Lipinski definition) is 1. The Balaban J connectivity index is 1.66. The molecular formula is C21H21F3N4O4. The van der Waals surface area contributed by atoms with Crippen molar-refractivity contribution in [2.24, 2.45) is 0 Å². The molecule has 1 aliphatic rings. The number of pyridine rings is 1. The number of aromatic nitrogens is 1. The van der Waals surface area contributed by atoms with E-state index in [0.29, 0.717) is 18.7 Å². The van der Waals surface area contributed by atoms with Gasteiger partial charge in [0.25, 0.3) is 5.91 Å². The minimum absolute atomic E-state index is 0.0701. The van der Waals surface area contributed by atoms with Crippen LogP contribution in [0.4, 0.5) is 23.7 Å². The number of rotatable bonds is 3. The van der Waals surface area contributed by atoms with Crippen LogP contribution < -0.4 is 5.32 Å². The van der Waals surface area contributed by atoms with Gasteiger partial charge in [-0.1, -0.05) is 6.07 Å². The van der Waals surface area contributed by atoms with Crippen molar-refractivity contribution in [2.75, 3.05) is 38.6 Å². The van der Waals surface area contributed by atoms with Gasteiger partial charge in [0.15, 0.2) is 0 Å². The first-order valence-electron chi connectivity index (χ1n) is 9.75. The number of hydrogen-bond acceptors (Lipinski definition) is 5. The molecule has 2 heterocycles. The monoisotopic (exact) mass is 450 g/mol. The van der Waals surface area contributed by atoms with Gasteiger partial charge in [-0.05, 0) is 30.7 Å². The van der Waals surface area contributed by atoms with Crippen LogP contribution in [-0.2, 0) is 10.9 Å². The number of anilines is 1. The van der Waals surface area contributed by atoms with E-state index >= 15 is 0 Å². The second-order valence-electron chi connectivity index (χ2n) is 7.05. The molecule has 8 nitrogen and oxygen atoms in total. The van der Waals surface area contributed by atoms with E-state index < -0.39 is 35.2 Å². The molecule has 0 bridgehead atoms. The Hall–Kier alpha value is -3.63. The number of halogens is 3. The molecule has 2 aromatic rings. The van der Waals surface area contributed by atoms with E-state index in [1.165, 1.54) is 23.0 Å². The van der Waals surface area contributed by atoms with Gasteiger partial charge < -0.3 is 19.9 Å². The fraction of sp³-hybridized carbons (Fsp3) is 0.333. The molecule has 0 aliphatic carbocycles. The minimum atomic E-state index is -4.68. The van der Waals surface area contributed by atoms with Crippen molar-refractivity contribution < 1.29 is 32.3 Å². The number of nitrogens with one attached hydrogen (secondary N) is 1. The lowest BCUT2D eigenvalue weighted by atomic mass is 10.1. The summed E-state index contributed by atoms with van der Waals surface area (Å²) < 4.78 is 44.4. The zero-order valence-electron chi connectivity index (χ0n) is 17.2. The molecular weight excluding hydrogens is 429 g/mol. The summed E-state index contributed by atoms with van der Waals surface area (Å²) in [4.78, 5) is 43.4. The molecule has 1 aliphatic heterocycles. The van der Waals surface area contributed by atoms with Crippen molar-refractivity contribution in [1.29, 1.82) is 0 Å². The molecule has 1 aromatic carbocycles. The molecule has 0 saturated carbocycles. The summed E-state index contributed by atoms with van der Waals surface area (Å²) in [6, 6.07) is 6.55. The lowest BCUT2D eigenvalue weighted by molar-refractivity contribution is -0.138. The van der Waals surface area contributed by atoms with Gasteiger partial charge in [-0.3, -0.25) is 9.78 Å². The largest absolute Gasteiger partial charge is 0.465 e. The predicted molar refractivity (Wildman–Crippen MR) is 108 cm³/mol. The van der Waals surface area contributed by atoms with Crippen LogP contribution >= 0.6 is 0 Å². The molecule has 0 unspecified atom stereocenters. The molecule has 0 atom stereocenters. The lowest BCUT2D eigenvalue weighted by Crippen LogP contribution is -2.39. The highest BCUT2D eigenvalue weighted by molar-refractivity contribution is 5.96. The van der Waals surface area contributed by atoms with Crippen molar-refractivity contribution in [3.05, 3.63) is 59.4 Å². The quantitative estimate of drug-likeness (QED) is 0.725. The molecule has 1 saturated heterocycles. The molecule has 32 heavy (non-hydrogen) atoms. The first kappa shape index (κ1) is 23.0. The molecule has 3 amide bonds. The van der Waals surface area contributed by atoms with Crippen LogP contribution in [0.2, 0.25) is 0 Å². The second kappa shape index (κ2) is 9.67. The number of esters is 1. The minimum Gasteiger partial charge on any atom is -0.465 e. The molecule has 1 N–H and O–H groups in total. The van der Waals surface area contributed by atoms with E-state index in [2.05, 4.69) is 15.0 Å². The van der Waals surface area contributed by atoms with Gasteiger partial charge in [-0.25, -0.2) is 9.59 Å². The Morgan fingerprint density at radius 2 is 1.78 bits per heavy atom. The van der Waals surface area contributed by atoms with Crippen molar-refractivity contribution in [3.63, 3.8) is 0 Å². The molecule has 3 rings (SSSR count). The second-order valence-corrected chi connectivity index (χ2v) is 7.05. The fourth-order valence-electron chi connectivity index (χ4n) is 3.35. The van der Waals surface area contributed by atoms with Gasteiger partial charge in [0.05, 0.1) is 23.8 Å². The van der Waals surface area contributed by atoms with Crippen LogP contribution in [-0.4, -0.2) is 66.0 Å². The zero-order chi connectivity index (χ0) is 23.3. The van der Waals surface area contributed by atoms with Crippen LogP contribution in [0.3, 0.4) is 0 Å². The van der Waals surface area contributed by atoms with Gasteiger partial charge in [0, 0.05) is 44.3 Å². The van der Waals surface area contributed by atoms with Gasteiger partial charge in [0.2, 0.25) is 0 Å². The number of carbonyl (C=O) groups excluding carboxylic acids is 3. The molecule has 11 heteroatoms. The van der Waals surface area contributed by atoms with Crippen LogP contribution in [0.25, 0.3) is 0 Å². The van der Waals surface area contributed by atoms with Gasteiger partial charge in [-0.15, -0.1) is 0 Å². The summed E-state index contributed by atoms with van der Waals surface area (Å²) in [6.07, 6.45) is -2.38. The number of benzene rings is 1. The summed E-state index contributed by atoms with van der Waals surface area (Å²) in [7, 11) is 1.25. The van der Waals surface area contributed by atoms with Gasteiger partial charge in [0.1, 0.15) is 0 Å². The van der Waals surface area contributed by atoms with Crippen molar-refractivity contribution >= 4 is 23.6 Å². The number of amides is 3. The average molecular weight is 450 g/mol. The highest BCUT2D eigenvalue weighted by Crippen LogP contribution is 2.32. The highest BCUT2D eigenvalue weighted by Gasteiger charge is 2.36. The predicted octanol–water partition coefficient (Wildman–Crippen LogP) is 3.27. The molecule has 0 radical (unpaired) electrons. The molecule has 0 spiro atoms. The van der Waals surface area contributed by atoms with Gasteiger partial charge >= 0.3 is 18.2 Å². The number of urea groups is 1. The maximum absolute atomic E-state index is 13.2. The van der Waals surface area contributed by atoms with Crippen LogP contribution in [0.5, 0.6) is 0 Å². The van der Waals surface area contributed by atoms with E-state index in [-0.39, 0.29) is 25.2 Å².